The number of methoxy groups -OCH3 is 1. The fraction of sp³-hybridized carbons (Fsp3) is 0.333. The smallest absolute Gasteiger partial charge is 0.257 e. The van der Waals surface area contributed by atoms with Crippen molar-refractivity contribution >= 4 is 22.4 Å². The van der Waals surface area contributed by atoms with Crippen LogP contribution in [-0.2, 0) is 11.3 Å². The van der Waals surface area contributed by atoms with Crippen molar-refractivity contribution in [3.05, 3.63) is 46.5 Å². The third-order valence-corrected chi connectivity index (χ3v) is 3.61. The van der Waals surface area contributed by atoms with E-state index in [1.165, 1.54) is 11.3 Å². The predicted octanol–water partition coefficient (Wildman–Crippen LogP) is 3.67. The van der Waals surface area contributed by atoms with Crippen molar-refractivity contribution in [1.29, 1.82) is 0 Å². The highest BCUT2D eigenvalue weighted by Gasteiger charge is 2.10. The Bertz CT molecular complexity index is 593. The summed E-state index contributed by atoms with van der Waals surface area (Å²) in [6, 6.07) is 7.40. The SMILES string of the molecule is COCc1cccc(C(=O)Nc2nc(C(C)C)cs2)c1. The number of carbonyl (C=O) groups is 1. The van der Waals surface area contributed by atoms with Gasteiger partial charge in [0.25, 0.3) is 5.91 Å². The Morgan fingerprint density at radius 2 is 2.25 bits per heavy atom. The number of benzene rings is 1. The van der Waals surface area contributed by atoms with Gasteiger partial charge in [-0.25, -0.2) is 4.98 Å². The lowest BCUT2D eigenvalue weighted by Gasteiger charge is -2.04. The lowest BCUT2D eigenvalue weighted by atomic mass is 10.1. The van der Waals surface area contributed by atoms with Crippen LogP contribution in [0.25, 0.3) is 0 Å². The maximum Gasteiger partial charge on any atom is 0.257 e. The van der Waals surface area contributed by atoms with Crippen LogP contribution in [-0.4, -0.2) is 18.0 Å². The number of amides is 1. The van der Waals surface area contributed by atoms with Crippen molar-refractivity contribution in [2.45, 2.75) is 26.4 Å². The summed E-state index contributed by atoms with van der Waals surface area (Å²) >= 11 is 1.45. The Labute approximate surface area is 122 Å². The zero-order chi connectivity index (χ0) is 14.5. The predicted molar refractivity (Wildman–Crippen MR) is 81.3 cm³/mol. The Morgan fingerprint density at radius 1 is 1.45 bits per heavy atom. The molecule has 0 aliphatic heterocycles. The zero-order valence-corrected chi connectivity index (χ0v) is 12.7. The first-order valence-electron chi connectivity index (χ1n) is 6.45. The summed E-state index contributed by atoms with van der Waals surface area (Å²) in [5.41, 5.74) is 2.58. The first-order chi connectivity index (χ1) is 9.60. The number of nitrogens with one attached hydrogen (secondary N) is 1. The zero-order valence-electron chi connectivity index (χ0n) is 11.8. The number of hydrogen-bond acceptors (Lipinski definition) is 4. The highest BCUT2D eigenvalue weighted by Crippen LogP contribution is 2.22. The van der Waals surface area contributed by atoms with Gasteiger partial charge in [0.05, 0.1) is 12.3 Å². The molecule has 1 aromatic carbocycles. The standard InChI is InChI=1S/C15H18N2O2S/c1-10(2)13-9-20-15(16-13)17-14(18)12-6-4-5-11(7-12)8-19-3/h4-7,9-10H,8H2,1-3H3,(H,16,17,18). The second-order valence-corrected chi connectivity index (χ2v) is 5.68. The van der Waals surface area contributed by atoms with Crippen molar-refractivity contribution in [2.75, 3.05) is 12.4 Å². The molecule has 0 radical (unpaired) electrons. The highest BCUT2D eigenvalue weighted by molar-refractivity contribution is 7.14. The van der Waals surface area contributed by atoms with Crippen molar-refractivity contribution in [2.24, 2.45) is 0 Å². The Kier molecular flexibility index (Phi) is 4.87. The fourth-order valence-corrected chi connectivity index (χ4v) is 2.61. The van der Waals surface area contributed by atoms with E-state index in [9.17, 15) is 4.79 Å². The van der Waals surface area contributed by atoms with E-state index in [0.717, 1.165) is 11.3 Å². The van der Waals surface area contributed by atoms with Gasteiger partial charge in [-0.2, -0.15) is 0 Å². The van der Waals surface area contributed by atoms with Crippen LogP contribution in [0.1, 0.15) is 41.4 Å². The van der Waals surface area contributed by atoms with E-state index in [1.54, 1.807) is 13.2 Å². The van der Waals surface area contributed by atoms with Crippen LogP contribution in [0.4, 0.5) is 5.13 Å². The van der Waals surface area contributed by atoms with Crippen LogP contribution >= 0.6 is 11.3 Å². The third kappa shape index (κ3) is 3.65. The summed E-state index contributed by atoms with van der Waals surface area (Å²) in [6.07, 6.45) is 0. The fourth-order valence-electron chi connectivity index (χ4n) is 1.75. The molecule has 4 nitrogen and oxygen atoms in total. The normalized spacial score (nSPS) is 10.8. The van der Waals surface area contributed by atoms with Crippen LogP contribution in [0.15, 0.2) is 29.6 Å². The molecule has 0 unspecified atom stereocenters. The Morgan fingerprint density at radius 3 is 2.90 bits per heavy atom. The van der Waals surface area contributed by atoms with Gasteiger partial charge in [0, 0.05) is 18.1 Å². The average Bonchev–Trinajstić information content (AvgIpc) is 2.88. The molecule has 5 heteroatoms. The molecule has 0 fully saturated rings. The molecule has 0 bridgehead atoms. The number of nitrogens with zero attached hydrogens (tertiary/aromatic N) is 1. The first kappa shape index (κ1) is 14.7. The van der Waals surface area contributed by atoms with Crippen LogP contribution in [0.2, 0.25) is 0 Å². The summed E-state index contributed by atoms with van der Waals surface area (Å²) in [7, 11) is 1.63. The van der Waals surface area contributed by atoms with E-state index in [1.807, 2.05) is 23.6 Å². The molecular weight excluding hydrogens is 272 g/mol. The molecule has 0 atom stereocenters. The van der Waals surface area contributed by atoms with Crippen LogP contribution in [0, 0.1) is 0 Å². The molecule has 1 N–H and O–H groups in total. The molecule has 20 heavy (non-hydrogen) atoms. The average molecular weight is 290 g/mol. The maximum absolute atomic E-state index is 12.2. The lowest BCUT2D eigenvalue weighted by Crippen LogP contribution is -2.12. The van der Waals surface area contributed by atoms with Crippen molar-refractivity contribution in [3.8, 4) is 0 Å². The minimum Gasteiger partial charge on any atom is -0.380 e. The first-order valence-corrected chi connectivity index (χ1v) is 7.32. The van der Waals surface area contributed by atoms with Crippen LogP contribution in [0.5, 0.6) is 0 Å². The maximum atomic E-state index is 12.2. The summed E-state index contributed by atoms with van der Waals surface area (Å²) < 4.78 is 5.07. The van der Waals surface area contributed by atoms with E-state index >= 15 is 0 Å². The number of hydrogen-bond donors (Lipinski definition) is 1. The quantitative estimate of drug-likeness (QED) is 0.914. The van der Waals surface area contributed by atoms with E-state index in [-0.39, 0.29) is 5.91 Å². The van der Waals surface area contributed by atoms with Gasteiger partial charge in [0.1, 0.15) is 0 Å². The molecule has 0 saturated carbocycles. The van der Waals surface area contributed by atoms with Gasteiger partial charge in [-0.3, -0.25) is 10.1 Å². The highest BCUT2D eigenvalue weighted by atomic mass is 32.1. The topological polar surface area (TPSA) is 51.2 Å². The molecule has 2 rings (SSSR count). The van der Waals surface area contributed by atoms with E-state index in [0.29, 0.717) is 23.2 Å². The third-order valence-electron chi connectivity index (χ3n) is 2.83. The van der Waals surface area contributed by atoms with Gasteiger partial charge in [0.2, 0.25) is 0 Å². The molecule has 1 amide bonds. The number of thiazole rings is 1. The minimum atomic E-state index is -0.146. The van der Waals surface area contributed by atoms with Crippen molar-refractivity contribution in [1.82, 2.24) is 4.98 Å². The number of aromatic nitrogens is 1. The van der Waals surface area contributed by atoms with Gasteiger partial charge in [-0.05, 0) is 23.6 Å². The van der Waals surface area contributed by atoms with Crippen molar-refractivity contribution in [3.63, 3.8) is 0 Å². The summed E-state index contributed by atoms with van der Waals surface area (Å²) in [5.74, 6) is 0.217. The molecule has 1 heterocycles. The minimum absolute atomic E-state index is 0.146. The molecule has 0 aliphatic rings. The molecular formula is C15H18N2O2S. The second kappa shape index (κ2) is 6.63. The molecule has 2 aromatic rings. The van der Waals surface area contributed by atoms with Crippen LogP contribution < -0.4 is 5.32 Å². The van der Waals surface area contributed by atoms with E-state index in [2.05, 4.69) is 24.1 Å². The van der Waals surface area contributed by atoms with Gasteiger partial charge in [0.15, 0.2) is 5.13 Å². The summed E-state index contributed by atoms with van der Waals surface area (Å²) in [5, 5.41) is 5.44. The van der Waals surface area contributed by atoms with Gasteiger partial charge < -0.3 is 4.74 Å². The van der Waals surface area contributed by atoms with Crippen molar-refractivity contribution < 1.29 is 9.53 Å². The molecule has 106 valence electrons. The number of anilines is 1. The molecule has 0 aliphatic carbocycles. The van der Waals surface area contributed by atoms with Gasteiger partial charge >= 0.3 is 0 Å². The molecule has 0 spiro atoms. The number of rotatable bonds is 5. The van der Waals surface area contributed by atoms with Gasteiger partial charge in [-0.15, -0.1) is 11.3 Å². The number of ether oxygens (including phenoxy) is 1. The summed E-state index contributed by atoms with van der Waals surface area (Å²) in [4.78, 5) is 16.6. The number of carbonyl (C=O) groups excluding carboxylic acids is 1. The Balaban J connectivity index is 2.09. The largest absolute Gasteiger partial charge is 0.380 e. The Hall–Kier alpha value is -1.72. The van der Waals surface area contributed by atoms with E-state index < -0.39 is 0 Å². The van der Waals surface area contributed by atoms with E-state index in [4.69, 9.17) is 4.74 Å². The molecule has 1 aromatic heterocycles. The monoisotopic (exact) mass is 290 g/mol. The summed E-state index contributed by atoms with van der Waals surface area (Å²) in [6.45, 7) is 4.65. The van der Waals surface area contributed by atoms with Gasteiger partial charge in [-0.1, -0.05) is 26.0 Å². The second-order valence-electron chi connectivity index (χ2n) is 4.82. The van der Waals surface area contributed by atoms with Crippen LogP contribution in [0.3, 0.4) is 0 Å². The lowest BCUT2D eigenvalue weighted by molar-refractivity contribution is 0.102. The molecule has 0 saturated heterocycles.